The van der Waals surface area contributed by atoms with E-state index in [-0.39, 0.29) is 12.5 Å². The number of hydrogen-bond acceptors (Lipinski definition) is 6. The highest BCUT2D eigenvalue weighted by Gasteiger charge is 2.08. The smallest absolute Gasteiger partial charge is 0.254 e. The first kappa shape index (κ1) is 16.9. The van der Waals surface area contributed by atoms with Crippen LogP contribution in [-0.4, -0.2) is 24.6 Å². The Bertz CT molecular complexity index is 857. The van der Waals surface area contributed by atoms with E-state index < -0.39 is 0 Å². The van der Waals surface area contributed by atoms with Crippen LogP contribution in [0.1, 0.15) is 5.56 Å². The van der Waals surface area contributed by atoms with Crippen molar-refractivity contribution in [3.63, 3.8) is 0 Å². The summed E-state index contributed by atoms with van der Waals surface area (Å²) in [5.74, 6) is 0.460. The van der Waals surface area contributed by atoms with Crippen LogP contribution in [0.2, 0.25) is 0 Å². The summed E-state index contributed by atoms with van der Waals surface area (Å²) in [6, 6.07) is 15.0. The average molecular weight is 355 g/mol. The van der Waals surface area contributed by atoms with E-state index in [4.69, 9.17) is 9.57 Å². The van der Waals surface area contributed by atoms with Gasteiger partial charge >= 0.3 is 0 Å². The number of benzene rings is 2. The molecule has 6 nitrogen and oxygen atoms in total. The lowest BCUT2D eigenvalue weighted by Gasteiger charge is -2.10. The highest BCUT2D eigenvalue weighted by Crippen LogP contribution is 2.25. The highest BCUT2D eigenvalue weighted by molar-refractivity contribution is 7.22. The van der Waals surface area contributed by atoms with Gasteiger partial charge in [0.2, 0.25) is 0 Å². The van der Waals surface area contributed by atoms with Crippen LogP contribution >= 0.6 is 11.3 Å². The van der Waals surface area contributed by atoms with Gasteiger partial charge in [-0.3, -0.25) is 20.4 Å². The predicted octanol–water partition coefficient (Wildman–Crippen LogP) is 3.44. The van der Waals surface area contributed by atoms with Crippen molar-refractivity contribution in [2.75, 3.05) is 19.0 Å². The number of para-hydroxylation sites is 1. The van der Waals surface area contributed by atoms with Crippen LogP contribution in [0.15, 0.2) is 55.1 Å². The normalized spacial score (nSPS) is 10.4. The molecule has 0 unspecified atom stereocenters. The minimum absolute atomic E-state index is 0.162. The summed E-state index contributed by atoms with van der Waals surface area (Å²) < 4.78 is 6.12. The second-order valence-corrected chi connectivity index (χ2v) is 6.16. The van der Waals surface area contributed by atoms with E-state index in [9.17, 15) is 4.79 Å². The minimum atomic E-state index is -0.297. The van der Waals surface area contributed by atoms with Gasteiger partial charge in [0.1, 0.15) is 5.75 Å². The molecule has 128 valence electrons. The molecule has 25 heavy (non-hydrogen) atoms. The Morgan fingerprint density at radius 2 is 1.96 bits per heavy atom. The minimum Gasteiger partial charge on any atom is -0.497 e. The number of ether oxygens (including phenoxy) is 1. The number of rotatable bonds is 7. The van der Waals surface area contributed by atoms with E-state index in [1.165, 1.54) is 11.3 Å². The molecule has 0 spiro atoms. The third-order valence-electron chi connectivity index (χ3n) is 3.38. The van der Waals surface area contributed by atoms with Crippen molar-refractivity contribution in [1.82, 2.24) is 10.5 Å². The molecule has 0 bridgehead atoms. The van der Waals surface area contributed by atoms with Crippen molar-refractivity contribution in [2.45, 2.75) is 0 Å². The number of amides is 1. The van der Waals surface area contributed by atoms with Gasteiger partial charge in [-0.2, -0.15) is 0 Å². The molecular formula is C18H17N3O3S. The molecule has 0 saturated carbocycles. The maximum absolute atomic E-state index is 11.9. The first-order valence-electron chi connectivity index (χ1n) is 7.52. The fraction of sp³-hybridized carbons (Fsp3) is 0.111. The Morgan fingerprint density at radius 1 is 1.20 bits per heavy atom. The molecule has 3 rings (SSSR count). The summed E-state index contributed by atoms with van der Waals surface area (Å²) in [6.45, 7) is 3.71. The van der Waals surface area contributed by atoms with E-state index in [0.29, 0.717) is 10.8 Å². The second-order valence-electron chi connectivity index (χ2n) is 5.13. The molecule has 1 amide bonds. The zero-order valence-electron chi connectivity index (χ0n) is 13.6. The maximum Gasteiger partial charge on any atom is 0.254 e. The lowest BCUT2D eigenvalue weighted by atomic mass is 10.2. The van der Waals surface area contributed by atoms with Crippen molar-refractivity contribution in [2.24, 2.45) is 0 Å². The van der Waals surface area contributed by atoms with Crippen molar-refractivity contribution in [3.8, 4) is 5.75 Å². The molecule has 7 heteroatoms. The summed E-state index contributed by atoms with van der Waals surface area (Å²) in [7, 11) is 1.61. The summed E-state index contributed by atoms with van der Waals surface area (Å²) >= 11 is 1.42. The molecule has 0 aliphatic rings. The number of fused-ring (bicyclic) bond motifs is 1. The van der Waals surface area contributed by atoms with Crippen molar-refractivity contribution >= 4 is 38.3 Å². The number of carbonyl (C=O) groups is 1. The Labute approximate surface area is 149 Å². The molecule has 0 aliphatic carbocycles. The van der Waals surface area contributed by atoms with Crippen LogP contribution in [0.25, 0.3) is 15.9 Å². The number of methoxy groups -OCH3 is 1. The topological polar surface area (TPSA) is 72.5 Å². The van der Waals surface area contributed by atoms with Gasteiger partial charge in [0.25, 0.3) is 5.91 Å². The number of hydroxylamine groups is 1. The van der Waals surface area contributed by atoms with Gasteiger partial charge < -0.3 is 4.74 Å². The zero-order valence-corrected chi connectivity index (χ0v) is 14.4. The predicted molar refractivity (Wildman–Crippen MR) is 99.4 cm³/mol. The molecular weight excluding hydrogens is 338 g/mol. The van der Waals surface area contributed by atoms with Crippen molar-refractivity contribution < 1.29 is 14.4 Å². The van der Waals surface area contributed by atoms with Gasteiger partial charge in [-0.25, -0.2) is 4.98 Å². The SMILES string of the molecule is C=C(NOCC(=O)Nc1nc2ccccc2s1)c1ccc(OC)cc1. The van der Waals surface area contributed by atoms with Gasteiger partial charge in [0.05, 0.1) is 23.0 Å². The molecule has 2 N–H and O–H groups in total. The lowest BCUT2D eigenvalue weighted by Crippen LogP contribution is -2.23. The molecule has 2 aromatic carbocycles. The summed E-state index contributed by atoms with van der Waals surface area (Å²) in [6.07, 6.45) is 0. The van der Waals surface area contributed by atoms with Gasteiger partial charge in [0.15, 0.2) is 11.7 Å². The van der Waals surface area contributed by atoms with E-state index in [1.807, 2.05) is 48.5 Å². The summed E-state index contributed by atoms with van der Waals surface area (Å²) in [4.78, 5) is 21.5. The second kappa shape index (κ2) is 7.78. The number of aromatic nitrogens is 1. The molecule has 0 radical (unpaired) electrons. The molecule has 0 saturated heterocycles. The van der Waals surface area contributed by atoms with Crippen LogP contribution in [0.5, 0.6) is 5.75 Å². The molecule has 1 aromatic heterocycles. The third-order valence-corrected chi connectivity index (χ3v) is 4.33. The number of nitrogens with one attached hydrogen (secondary N) is 2. The van der Waals surface area contributed by atoms with Crippen LogP contribution in [0.4, 0.5) is 5.13 Å². The van der Waals surface area contributed by atoms with E-state index in [1.54, 1.807) is 7.11 Å². The van der Waals surface area contributed by atoms with Crippen LogP contribution in [0, 0.1) is 0 Å². The first-order valence-corrected chi connectivity index (χ1v) is 8.34. The van der Waals surface area contributed by atoms with Gasteiger partial charge in [-0.1, -0.05) is 30.0 Å². The van der Waals surface area contributed by atoms with Gasteiger partial charge in [0, 0.05) is 0 Å². The van der Waals surface area contributed by atoms with Gasteiger partial charge in [-0.05, 0) is 42.0 Å². The standard InChI is InChI=1S/C18H17N3O3S/c1-12(13-7-9-14(23-2)10-8-13)21-24-11-17(22)20-18-19-15-5-3-4-6-16(15)25-18/h3-10,21H,1,11H2,2H3,(H,19,20,22). The Hall–Kier alpha value is -2.90. The summed E-state index contributed by atoms with van der Waals surface area (Å²) in [5.41, 5.74) is 4.91. The van der Waals surface area contributed by atoms with Crippen LogP contribution in [0.3, 0.4) is 0 Å². The fourth-order valence-electron chi connectivity index (χ4n) is 2.12. The lowest BCUT2D eigenvalue weighted by molar-refractivity contribution is -0.122. The highest BCUT2D eigenvalue weighted by atomic mass is 32.1. The van der Waals surface area contributed by atoms with Crippen LogP contribution in [-0.2, 0) is 9.63 Å². The van der Waals surface area contributed by atoms with Crippen molar-refractivity contribution in [1.29, 1.82) is 0 Å². The number of carbonyl (C=O) groups excluding carboxylic acids is 1. The molecule has 0 fully saturated rings. The largest absolute Gasteiger partial charge is 0.497 e. The summed E-state index contributed by atoms with van der Waals surface area (Å²) in [5, 5.41) is 3.26. The number of anilines is 1. The average Bonchev–Trinajstić information content (AvgIpc) is 3.03. The first-order chi connectivity index (χ1) is 12.2. The number of thiazole rings is 1. The Morgan fingerprint density at radius 3 is 2.68 bits per heavy atom. The number of nitrogens with zero attached hydrogens (tertiary/aromatic N) is 1. The van der Waals surface area contributed by atoms with E-state index in [0.717, 1.165) is 21.5 Å². The Kier molecular flexibility index (Phi) is 5.27. The molecule has 0 atom stereocenters. The number of hydrogen-bond donors (Lipinski definition) is 2. The van der Waals surface area contributed by atoms with Crippen LogP contribution < -0.4 is 15.5 Å². The monoisotopic (exact) mass is 355 g/mol. The Balaban J connectivity index is 1.47. The zero-order chi connectivity index (χ0) is 17.6. The van der Waals surface area contributed by atoms with E-state index in [2.05, 4.69) is 22.4 Å². The van der Waals surface area contributed by atoms with Crippen molar-refractivity contribution in [3.05, 3.63) is 60.7 Å². The molecule has 3 aromatic rings. The molecule has 1 heterocycles. The van der Waals surface area contributed by atoms with E-state index >= 15 is 0 Å². The quantitative estimate of drug-likeness (QED) is 0.635. The fourth-order valence-corrected chi connectivity index (χ4v) is 3.00. The maximum atomic E-state index is 11.9. The molecule has 0 aliphatic heterocycles. The van der Waals surface area contributed by atoms with Gasteiger partial charge in [-0.15, -0.1) is 0 Å². The third kappa shape index (κ3) is 4.34.